The van der Waals surface area contributed by atoms with E-state index in [0.29, 0.717) is 0 Å². The van der Waals surface area contributed by atoms with Gasteiger partial charge in [0.1, 0.15) is 5.82 Å². The highest BCUT2D eigenvalue weighted by atomic mass is 14.9. The highest BCUT2D eigenvalue weighted by Gasteiger charge is 2.06. The minimum absolute atomic E-state index is 1.05. The molecule has 258 valence electrons. The minimum atomic E-state index is 1.05. The van der Waals surface area contributed by atoms with Crippen LogP contribution in [0.1, 0.15) is 243 Å². The smallest absolute Gasteiger partial charge is 0.128 e. The molecule has 0 amide bonds. The second-order valence-electron chi connectivity index (χ2n) is 14.3. The number of aryl methyl sites for hydroxylation is 3. The third kappa shape index (κ3) is 27.4. The molecule has 0 bridgehead atoms. The summed E-state index contributed by atoms with van der Waals surface area (Å²) < 4.78 is 0. The van der Waals surface area contributed by atoms with Gasteiger partial charge in [0.2, 0.25) is 0 Å². The van der Waals surface area contributed by atoms with Gasteiger partial charge in [0.25, 0.3) is 0 Å². The molecule has 0 atom stereocenters. The fourth-order valence-corrected chi connectivity index (χ4v) is 6.67. The molecule has 1 aromatic heterocycles. The Morgan fingerprint density at radius 2 is 0.545 bits per heavy atom. The van der Waals surface area contributed by atoms with Crippen molar-refractivity contribution in [1.82, 2.24) is 9.97 Å². The van der Waals surface area contributed by atoms with Gasteiger partial charge in [-0.15, -0.1) is 0 Å². The van der Waals surface area contributed by atoms with Crippen molar-refractivity contribution in [1.29, 1.82) is 0 Å². The number of rotatable bonds is 35. The average molecular weight is 613 g/mol. The molecule has 0 N–H and O–H groups in total. The Morgan fingerprint density at radius 1 is 0.295 bits per heavy atom. The average Bonchev–Trinajstić information content (AvgIpc) is 3.03. The molecule has 44 heavy (non-hydrogen) atoms. The van der Waals surface area contributed by atoms with Crippen molar-refractivity contribution in [3.8, 4) is 0 Å². The number of hydrogen-bond donors (Lipinski definition) is 0. The zero-order valence-electron chi connectivity index (χ0n) is 30.7. The molecular weight excluding hydrogens is 532 g/mol. The van der Waals surface area contributed by atoms with E-state index in [2.05, 4.69) is 26.8 Å². The van der Waals surface area contributed by atoms with Gasteiger partial charge < -0.3 is 0 Å². The van der Waals surface area contributed by atoms with Crippen molar-refractivity contribution < 1.29 is 0 Å². The van der Waals surface area contributed by atoms with Crippen LogP contribution < -0.4 is 0 Å². The normalized spacial score (nSPS) is 11.5. The first-order valence-corrected chi connectivity index (χ1v) is 20.7. The first kappa shape index (κ1) is 41.1. The lowest BCUT2D eigenvalue weighted by Crippen LogP contribution is -2.04. The van der Waals surface area contributed by atoms with Gasteiger partial charge in [-0.2, -0.15) is 0 Å². The quantitative estimate of drug-likeness (QED) is 0.0713. The molecule has 1 rings (SSSR count). The second kappa shape index (κ2) is 33.4. The van der Waals surface area contributed by atoms with Crippen LogP contribution in [0.2, 0.25) is 0 Å². The van der Waals surface area contributed by atoms with E-state index in [0.717, 1.165) is 25.1 Å². The largest absolute Gasteiger partial charge is 0.238 e. The van der Waals surface area contributed by atoms with E-state index in [1.165, 1.54) is 217 Å². The van der Waals surface area contributed by atoms with Crippen LogP contribution in [0.3, 0.4) is 0 Å². The van der Waals surface area contributed by atoms with Crippen molar-refractivity contribution in [3.63, 3.8) is 0 Å². The Morgan fingerprint density at radius 3 is 0.818 bits per heavy atom. The van der Waals surface area contributed by atoms with E-state index in [9.17, 15) is 0 Å². The van der Waals surface area contributed by atoms with Crippen molar-refractivity contribution in [3.05, 3.63) is 23.3 Å². The van der Waals surface area contributed by atoms with Gasteiger partial charge in [0, 0.05) is 17.8 Å². The van der Waals surface area contributed by atoms with Gasteiger partial charge in [-0.05, 0) is 38.2 Å². The van der Waals surface area contributed by atoms with Gasteiger partial charge in [-0.25, -0.2) is 9.97 Å². The van der Waals surface area contributed by atoms with E-state index in [1.807, 2.05) is 0 Å². The van der Waals surface area contributed by atoms with Gasteiger partial charge in [0.15, 0.2) is 0 Å². The van der Waals surface area contributed by atoms with Crippen LogP contribution in [0.25, 0.3) is 0 Å². The first-order valence-electron chi connectivity index (χ1n) is 20.7. The topological polar surface area (TPSA) is 25.8 Å². The maximum absolute atomic E-state index is 4.98. The number of hydrogen-bond acceptors (Lipinski definition) is 2. The lowest BCUT2D eigenvalue weighted by atomic mass is 10.0. The number of nitrogens with zero attached hydrogens (tertiary/aromatic N) is 2. The van der Waals surface area contributed by atoms with E-state index < -0.39 is 0 Å². The molecule has 0 unspecified atom stereocenters. The molecular formula is C42H80N2. The van der Waals surface area contributed by atoms with Crippen LogP contribution in [-0.4, -0.2) is 9.97 Å². The molecule has 0 aliphatic carbocycles. The SMILES string of the molecule is CCCCCCCCCCCCCCCCCc1cc(CCCCCCCCCCCCCCCCC)nc(CCCC)n1. The summed E-state index contributed by atoms with van der Waals surface area (Å²) in [5.41, 5.74) is 2.63. The van der Waals surface area contributed by atoms with Gasteiger partial charge in [-0.1, -0.05) is 207 Å². The van der Waals surface area contributed by atoms with Gasteiger partial charge >= 0.3 is 0 Å². The number of aromatic nitrogens is 2. The Labute approximate surface area is 278 Å². The van der Waals surface area contributed by atoms with Crippen LogP contribution in [0, 0.1) is 0 Å². The maximum Gasteiger partial charge on any atom is 0.128 e. The van der Waals surface area contributed by atoms with E-state index in [-0.39, 0.29) is 0 Å². The third-order valence-electron chi connectivity index (χ3n) is 9.71. The zero-order valence-corrected chi connectivity index (χ0v) is 30.7. The minimum Gasteiger partial charge on any atom is -0.238 e. The molecule has 0 radical (unpaired) electrons. The summed E-state index contributed by atoms with van der Waals surface area (Å²) in [5.74, 6) is 1.11. The highest BCUT2D eigenvalue weighted by molar-refractivity contribution is 5.12. The monoisotopic (exact) mass is 613 g/mol. The molecule has 1 heterocycles. The predicted octanol–water partition coefficient (Wildman–Crippen LogP) is 14.6. The van der Waals surface area contributed by atoms with Crippen LogP contribution in [-0.2, 0) is 19.3 Å². The summed E-state index contributed by atoms with van der Waals surface area (Å²) in [6.45, 7) is 6.88. The lowest BCUT2D eigenvalue weighted by molar-refractivity contribution is 0.531. The first-order chi connectivity index (χ1) is 21.8. The van der Waals surface area contributed by atoms with Gasteiger partial charge in [0.05, 0.1) is 0 Å². The molecule has 2 heteroatoms. The fourth-order valence-electron chi connectivity index (χ4n) is 6.67. The summed E-state index contributed by atoms with van der Waals surface area (Å²) in [6, 6.07) is 2.35. The second-order valence-corrected chi connectivity index (χ2v) is 14.3. The Balaban J connectivity index is 2.09. The summed E-state index contributed by atoms with van der Waals surface area (Å²) in [5, 5.41) is 0. The lowest BCUT2D eigenvalue weighted by Gasteiger charge is -2.09. The Hall–Kier alpha value is -0.920. The number of unbranched alkanes of at least 4 members (excludes halogenated alkanes) is 29. The molecule has 1 aromatic rings. The van der Waals surface area contributed by atoms with Crippen LogP contribution in [0.15, 0.2) is 6.07 Å². The van der Waals surface area contributed by atoms with Crippen molar-refractivity contribution in [2.75, 3.05) is 0 Å². The van der Waals surface area contributed by atoms with Crippen molar-refractivity contribution >= 4 is 0 Å². The standard InChI is InChI=1S/C42H80N2/c1-4-7-10-12-14-16-18-20-22-24-26-28-30-32-34-36-40-39-41(44-42(43-40)38-9-6-3)37-35-33-31-29-27-25-23-21-19-17-15-13-11-8-5-2/h39H,4-38H2,1-3H3. The molecule has 2 nitrogen and oxygen atoms in total. The Bertz CT molecular complexity index is 647. The molecule has 0 aliphatic heterocycles. The Kier molecular flexibility index (Phi) is 31.2. The van der Waals surface area contributed by atoms with E-state index in [1.54, 1.807) is 0 Å². The summed E-state index contributed by atoms with van der Waals surface area (Å²) in [7, 11) is 0. The zero-order chi connectivity index (χ0) is 31.6. The van der Waals surface area contributed by atoms with Crippen molar-refractivity contribution in [2.24, 2.45) is 0 Å². The fraction of sp³-hybridized carbons (Fsp3) is 0.905. The molecule has 0 fully saturated rings. The summed E-state index contributed by atoms with van der Waals surface area (Å²) in [6.07, 6.45) is 48.6. The van der Waals surface area contributed by atoms with Gasteiger partial charge in [-0.3, -0.25) is 0 Å². The molecule has 0 spiro atoms. The summed E-state index contributed by atoms with van der Waals surface area (Å²) in [4.78, 5) is 9.97. The van der Waals surface area contributed by atoms with Crippen LogP contribution >= 0.6 is 0 Å². The van der Waals surface area contributed by atoms with E-state index >= 15 is 0 Å². The van der Waals surface area contributed by atoms with E-state index in [4.69, 9.17) is 9.97 Å². The molecule has 0 aromatic carbocycles. The molecule has 0 aliphatic rings. The molecule has 0 saturated heterocycles. The maximum atomic E-state index is 4.98. The van der Waals surface area contributed by atoms with Crippen molar-refractivity contribution in [2.45, 2.75) is 245 Å². The van der Waals surface area contributed by atoms with Crippen LogP contribution in [0.4, 0.5) is 0 Å². The summed E-state index contributed by atoms with van der Waals surface area (Å²) >= 11 is 0. The highest BCUT2D eigenvalue weighted by Crippen LogP contribution is 2.17. The van der Waals surface area contributed by atoms with Crippen LogP contribution in [0.5, 0.6) is 0 Å². The molecule has 0 saturated carbocycles. The predicted molar refractivity (Wildman–Crippen MR) is 198 cm³/mol. The third-order valence-corrected chi connectivity index (χ3v) is 9.71.